The average Bonchev–Trinajstić information content (AvgIpc) is 3.36. The summed E-state index contributed by atoms with van der Waals surface area (Å²) >= 11 is 0.939. The van der Waals surface area contributed by atoms with Gasteiger partial charge < -0.3 is 19.7 Å². The van der Waals surface area contributed by atoms with Crippen LogP contribution in [-0.2, 0) is 6.54 Å². The minimum absolute atomic E-state index is 0.123. The number of unbranched alkanes of at least 4 members (excludes halogenated alkanes) is 1. The number of anilines is 2. The van der Waals surface area contributed by atoms with Crippen LogP contribution in [0.5, 0.6) is 11.5 Å². The van der Waals surface area contributed by atoms with Crippen molar-refractivity contribution >= 4 is 28.8 Å². The fraction of sp³-hybridized carbons (Fsp3) is 0.385. The molecule has 0 bridgehead atoms. The number of halogens is 5. The lowest BCUT2D eigenvalue weighted by atomic mass is 10.2. The Morgan fingerprint density at radius 3 is 2.18 bits per heavy atom. The highest BCUT2D eigenvalue weighted by atomic mass is 32.1. The lowest BCUT2D eigenvalue weighted by Crippen LogP contribution is -2.45. The molecule has 13 heteroatoms. The van der Waals surface area contributed by atoms with Crippen LogP contribution in [0.4, 0.5) is 33.5 Å². The summed E-state index contributed by atoms with van der Waals surface area (Å²) in [5, 5.41) is 3.54. The molecular weight excluding hydrogens is 543 g/mol. The van der Waals surface area contributed by atoms with Gasteiger partial charge in [0, 0.05) is 38.4 Å². The van der Waals surface area contributed by atoms with Crippen LogP contribution in [0.25, 0.3) is 0 Å². The second kappa shape index (κ2) is 12.6. The van der Waals surface area contributed by atoms with Crippen LogP contribution in [0.3, 0.4) is 0 Å². The van der Waals surface area contributed by atoms with Crippen molar-refractivity contribution in [3.05, 3.63) is 63.2 Å². The smallest absolute Gasteiger partial charge is 0.357 e. The molecule has 0 unspecified atom stereocenters. The quantitative estimate of drug-likeness (QED) is 0.0850. The maximum Gasteiger partial charge on any atom is 0.357 e. The summed E-state index contributed by atoms with van der Waals surface area (Å²) in [7, 11) is 1.61. The molecule has 0 saturated carbocycles. The predicted molar refractivity (Wildman–Crippen MR) is 137 cm³/mol. The zero-order valence-electron chi connectivity index (χ0n) is 21.3. The van der Waals surface area contributed by atoms with Crippen molar-refractivity contribution in [2.75, 3.05) is 50.1 Å². The van der Waals surface area contributed by atoms with E-state index in [1.54, 1.807) is 7.11 Å². The molecular formula is C26H27F5N4O3S. The molecule has 2 heterocycles. The van der Waals surface area contributed by atoms with Gasteiger partial charge in [0.1, 0.15) is 10.8 Å². The molecule has 1 fully saturated rings. The number of thiazole rings is 1. The van der Waals surface area contributed by atoms with Crippen LogP contribution in [0.2, 0.25) is 0 Å². The number of aromatic nitrogens is 1. The van der Waals surface area contributed by atoms with E-state index >= 15 is 0 Å². The first-order valence-corrected chi connectivity index (χ1v) is 13.1. The molecule has 0 radical (unpaired) electrons. The minimum Gasteiger partial charge on any atom is -0.497 e. The zero-order chi connectivity index (χ0) is 28.1. The first-order valence-electron chi connectivity index (χ1n) is 12.3. The Labute approximate surface area is 226 Å². The van der Waals surface area contributed by atoms with E-state index in [1.165, 1.54) is 0 Å². The molecule has 1 aliphatic rings. The molecule has 7 nitrogen and oxygen atoms in total. The SMILES string of the molecule is CCCCNc1nc(CN2CCN(c3ccc(OC)cc3)CC2)sc1C(=O)Oc1c(F)c(F)c(F)c(F)c1F. The van der Waals surface area contributed by atoms with Crippen molar-refractivity contribution in [1.29, 1.82) is 0 Å². The van der Waals surface area contributed by atoms with Gasteiger partial charge in [-0.15, -0.1) is 11.3 Å². The number of nitrogens with zero attached hydrogens (tertiary/aromatic N) is 3. The van der Waals surface area contributed by atoms with Gasteiger partial charge in [-0.1, -0.05) is 13.3 Å². The molecule has 0 amide bonds. The Balaban J connectivity index is 1.47. The Hall–Kier alpha value is -3.45. The highest BCUT2D eigenvalue weighted by molar-refractivity contribution is 7.14. The average molecular weight is 571 g/mol. The number of carbonyl (C=O) groups excluding carboxylic acids is 1. The van der Waals surface area contributed by atoms with E-state index in [0.29, 0.717) is 31.2 Å². The number of ether oxygens (including phenoxy) is 2. The van der Waals surface area contributed by atoms with E-state index in [-0.39, 0.29) is 10.7 Å². The van der Waals surface area contributed by atoms with E-state index in [1.807, 2.05) is 31.2 Å². The standard InChI is InChI=1S/C26H27F5N4O3S/c1-3-4-9-32-25-24(26(36)38-23-21(30)19(28)18(27)20(29)22(23)31)39-17(33-25)14-34-10-12-35(13-11-34)15-5-7-16(37-2)8-6-15/h5-8,32H,3-4,9-14H2,1-2H3. The Kier molecular flexibility index (Phi) is 9.23. The third-order valence-corrected chi connectivity index (χ3v) is 7.23. The highest BCUT2D eigenvalue weighted by Crippen LogP contribution is 2.32. The number of carbonyl (C=O) groups is 1. The largest absolute Gasteiger partial charge is 0.497 e. The van der Waals surface area contributed by atoms with Gasteiger partial charge in [-0.2, -0.15) is 8.78 Å². The van der Waals surface area contributed by atoms with E-state index in [2.05, 4.69) is 24.8 Å². The van der Waals surface area contributed by atoms with Crippen molar-refractivity contribution in [2.24, 2.45) is 0 Å². The first-order chi connectivity index (χ1) is 18.7. The topological polar surface area (TPSA) is 66.9 Å². The van der Waals surface area contributed by atoms with E-state index < -0.39 is 40.8 Å². The lowest BCUT2D eigenvalue weighted by Gasteiger charge is -2.35. The van der Waals surface area contributed by atoms with Crippen molar-refractivity contribution in [1.82, 2.24) is 9.88 Å². The number of piperazine rings is 1. The molecule has 0 spiro atoms. The molecule has 1 aromatic heterocycles. The number of benzene rings is 2. The Morgan fingerprint density at radius 2 is 1.59 bits per heavy atom. The van der Waals surface area contributed by atoms with Crippen LogP contribution in [0.15, 0.2) is 24.3 Å². The Morgan fingerprint density at radius 1 is 0.974 bits per heavy atom. The molecule has 4 rings (SSSR count). The third-order valence-electron chi connectivity index (χ3n) is 6.21. The molecule has 210 valence electrons. The van der Waals surface area contributed by atoms with Gasteiger partial charge in [0.05, 0.1) is 13.7 Å². The minimum atomic E-state index is -2.33. The van der Waals surface area contributed by atoms with E-state index in [4.69, 9.17) is 4.74 Å². The molecule has 1 aliphatic heterocycles. The summed E-state index contributed by atoms with van der Waals surface area (Å²) in [5.41, 5.74) is 1.07. The van der Waals surface area contributed by atoms with Crippen LogP contribution in [-0.4, -0.2) is 55.7 Å². The summed E-state index contributed by atoms with van der Waals surface area (Å²) in [6, 6.07) is 7.78. The van der Waals surface area contributed by atoms with Gasteiger partial charge >= 0.3 is 5.97 Å². The summed E-state index contributed by atoms with van der Waals surface area (Å²) in [6.45, 7) is 5.78. The number of methoxy groups -OCH3 is 1. The fourth-order valence-electron chi connectivity index (χ4n) is 4.04. The molecule has 0 atom stereocenters. The molecule has 3 aromatic rings. The van der Waals surface area contributed by atoms with Crippen molar-refractivity contribution in [2.45, 2.75) is 26.3 Å². The number of hydrogen-bond acceptors (Lipinski definition) is 8. The van der Waals surface area contributed by atoms with Gasteiger partial charge in [0.2, 0.25) is 34.8 Å². The number of nitrogens with one attached hydrogen (secondary N) is 1. The fourth-order valence-corrected chi connectivity index (χ4v) is 4.99. The summed E-state index contributed by atoms with van der Waals surface area (Å²) in [6.07, 6.45) is 1.61. The number of rotatable bonds is 10. The number of hydrogen-bond donors (Lipinski definition) is 1. The molecule has 2 aromatic carbocycles. The van der Waals surface area contributed by atoms with E-state index in [0.717, 1.165) is 48.7 Å². The molecule has 0 aliphatic carbocycles. The van der Waals surface area contributed by atoms with Crippen LogP contribution in [0.1, 0.15) is 34.4 Å². The Bertz CT molecular complexity index is 1280. The maximum atomic E-state index is 14.1. The van der Waals surface area contributed by atoms with Gasteiger partial charge in [-0.05, 0) is 30.7 Å². The maximum absolute atomic E-state index is 14.1. The van der Waals surface area contributed by atoms with Gasteiger partial charge in [-0.3, -0.25) is 4.90 Å². The monoisotopic (exact) mass is 570 g/mol. The van der Waals surface area contributed by atoms with Gasteiger partial charge in [0.15, 0.2) is 10.7 Å². The molecule has 1 saturated heterocycles. The van der Waals surface area contributed by atoms with Gasteiger partial charge in [-0.25, -0.2) is 22.9 Å². The van der Waals surface area contributed by atoms with Crippen LogP contribution < -0.4 is 19.7 Å². The van der Waals surface area contributed by atoms with Crippen molar-refractivity contribution < 1.29 is 36.2 Å². The first kappa shape index (κ1) is 28.6. The molecule has 1 N–H and O–H groups in total. The third kappa shape index (κ3) is 6.41. The summed E-state index contributed by atoms with van der Waals surface area (Å²) in [5.74, 6) is -13.2. The van der Waals surface area contributed by atoms with Crippen molar-refractivity contribution in [3.63, 3.8) is 0 Å². The summed E-state index contributed by atoms with van der Waals surface area (Å²) < 4.78 is 78.6. The zero-order valence-corrected chi connectivity index (χ0v) is 22.1. The lowest BCUT2D eigenvalue weighted by molar-refractivity contribution is 0.0721. The number of esters is 1. The van der Waals surface area contributed by atoms with E-state index in [9.17, 15) is 26.7 Å². The predicted octanol–water partition coefficient (Wildman–Crippen LogP) is 5.60. The second-order valence-corrected chi connectivity index (χ2v) is 9.90. The van der Waals surface area contributed by atoms with Crippen LogP contribution in [0, 0.1) is 29.1 Å². The summed E-state index contributed by atoms with van der Waals surface area (Å²) in [4.78, 5) is 21.6. The molecule has 39 heavy (non-hydrogen) atoms. The second-order valence-electron chi connectivity index (χ2n) is 8.82. The van der Waals surface area contributed by atoms with Crippen LogP contribution >= 0.6 is 11.3 Å². The normalized spacial score (nSPS) is 14.0. The van der Waals surface area contributed by atoms with Crippen molar-refractivity contribution in [3.8, 4) is 11.5 Å². The highest BCUT2D eigenvalue weighted by Gasteiger charge is 2.31. The van der Waals surface area contributed by atoms with Gasteiger partial charge in [0.25, 0.3) is 0 Å².